The van der Waals surface area contributed by atoms with Crippen molar-refractivity contribution >= 4 is 0 Å². The molecule has 0 saturated carbocycles. The van der Waals surface area contributed by atoms with Crippen LogP contribution in [0.5, 0.6) is 0 Å². The fourth-order valence-corrected chi connectivity index (χ4v) is 2.35. The second-order valence-electron chi connectivity index (χ2n) is 4.85. The maximum Gasteiger partial charge on any atom is 0.243 e. The molecule has 1 N–H and O–H groups in total. The lowest BCUT2D eigenvalue weighted by Crippen LogP contribution is -3.00. The first-order valence-corrected chi connectivity index (χ1v) is 6.66. The largest absolute Gasteiger partial charge is 1.00 e. The zero-order chi connectivity index (χ0) is 11.2. The van der Waals surface area contributed by atoms with Crippen LogP contribution < -0.4 is 22.3 Å². The molecule has 1 saturated heterocycles. The summed E-state index contributed by atoms with van der Waals surface area (Å²) in [5.41, 5.74) is 0. The summed E-state index contributed by atoms with van der Waals surface area (Å²) in [7, 11) is 0. The monoisotopic (exact) mass is 257 g/mol. The second kappa shape index (κ2) is 7.72. The Morgan fingerprint density at radius 3 is 3.00 bits per heavy atom. The highest BCUT2D eigenvalue weighted by atomic mass is 35.5. The van der Waals surface area contributed by atoms with Crippen molar-refractivity contribution in [2.45, 2.75) is 58.2 Å². The van der Waals surface area contributed by atoms with Gasteiger partial charge in [0.05, 0.1) is 6.54 Å². The number of aryl methyl sites for hydroxylation is 1. The van der Waals surface area contributed by atoms with Crippen molar-refractivity contribution in [1.82, 2.24) is 9.88 Å². The molecule has 17 heavy (non-hydrogen) atoms. The van der Waals surface area contributed by atoms with E-state index >= 15 is 0 Å². The molecule has 1 atom stereocenters. The number of piperidine rings is 1. The fourth-order valence-electron chi connectivity index (χ4n) is 2.35. The highest BCUT2D eigenvalue weighted by Crippen LogP contribution is 2.06. The summed E-state index contributed by atoms with van der Waals surface area (Å²) >= 11 is 0. The number of hydrogen-bond donors (Lipinski definition) is 1. The number of nitrogens with zero attached hydrogens (tertiary/aromatic N) is 2. The molecule has 1 aromatic rings. The molecule has 0 aliphatic carbocycles. The van der Waals surface area contributed by atoms with Gasteiger partial charge < -0.3 is 17.7 Å². The lowest BCUT2D eigenvalue weighted by molar-refractivity contribution is -0.699. The van der Waals surface area contributed by atoms with Gasteiger partial charge in [-0.25, -0.2) is 9.13 Å². The number of unbranched alkanes of at least 4 members (excludes halogenated alkanes) is 1. The molecule has 0 unspecified atom stereocenters. The van der Waals surface area contributed by atoms with E-state index < -0.39 is 0 Å². The summed E-state index contributed by atoms with van der Waals surface area (Å²) in [6.45, 7) is 5.71. The Bertz CT molecular complexity index is 305. The van der Waals surface area contributed by atoms with Crippen LogP contribution >= 0.6 is 0 Å². The molecule has 98 valence electrons. The van der Waals surface area contributed by atoms with E-state index in [1.54, 1.807) is 0 Å². The fraction of sp³-hybridized carbons (Fsp3) is 0.769. The third-order valence-electron chi connectivity index (χ3n) is 3.36. The van der Waals surface area contributed by atoms with Crippen molar-refractivity contribution in [2.75, 3.05) is 6.54 Å². The third-order valence-corrected chi connectivity index (χ3v) is 3.36. The lowest BCUT2D eigenvalue weighted by atomic mass is 10.1. The molecule has 0 aromatic carbocycles. The molecule has 0 radical (unpaired) electrons. The highest BCUT2D eigenvalue weighted by Gasteiger charge is 2.15. The van der Waals surface area contributed by atoms with Gasteiger partial charge in [-0.15, -0.1) is 0 Å². The van der Waals surface area contributed by atoms with Crippen LogP contribution in [0.3, 0.4) is 0 Å². The summed E-state index contributed by atoms with van der Waals surface area (Å²) in [5.74, 6) is 0. The number of nitrogens with one attached hydrogen (secondary N) is 1. The van der Waals surface area contributed by atoms with Crippen LogP contribution in [0.4, 0.5) is 0 Å². The molecular formula is C13H24ClN3. The van der Waals surface area contributed by atoms with Gasteiger partial charge in [-0.05, 0) is 25.8 Å². The van der Waals surface area contributed by atoms with Crippen molar-refractivity contribution in [1.29, 1.82) is 0 Å². The smallest absolute Gasteiger partial charge is 0.243 e. The lowest BCUT2D eigenvalue weighted by Gasteiger charge is -2.21. The maximum absolute atomic E-state index is 3.59. The molecule has 3 nitrogen and oxygen atoms in total. The Labute approximate surface area is 111 Å². The predicted octanol–water partition coefficient (Wildman–Crippen LogP) is -1.28. The number of aromatic nitrogens is 2. The standard InChI is InChI=1S/C13H24N3.ClH/c1-2-3-8-15-9-10-16(12-15)11-13-6-4-5-7-14-13;/h9-10,12-14H,2-8,11H2,1H3;1H/q+1;/p-1/t13-;/m0./s1. The Morgan fingerprint density at radius 1 is 1.41 bits per heavy atom. The van der Waals surface area contributed by atoms with Gasteiger partial charge in [0.2, 0.25) is 6.33 Å². The van der Waals surface area contributed by atoms with Crippen LogP contribution in [0, 0.1) is 0 Å². The Kier molecular flexibility index (Phi) is 6.60. The normalized spacial score (nSPS) is 19.9. The third kappa shape index (κ3) is 4.68. The molecule has 4 heteroatoms. The SMILES string of the molecule is CCCCn1cc[n+](C[C@@H]2CCCCN2)c1.[Cl-]. The van der Waals surface area contributed by atoms with Gasteiger partial charge in [0.15, 0.2) is 0 Å². The summed E-state index contributed by atoms with van der Waals surface area (Å²) < 4.78 is 4.62. The van der Waals surface area contributed by atoms with Gasteiger partial charge in [-0.2, -0.15) is 0 Å². The molecule has 1 aromatic heterocycles. The predicted molar refractivity (Wildman–Crippen MR) is 65.2 cm³/mol. The molecule has 1 fully saturated rings. The van der Waals surface area contributed by atoms with E-state index in [9.17, 15) is 0 Å². The van der Waals surface area contributed by atoms with Gasteiger partial charge in [-0.1, -0.05) is 19.8 Å². The average molecular weight is 258 g/mol. The van der Waals surface area contributed by atoms with E-state index in [1.807, 2.05) is 0 Å². The topological polar surface area (TPSA) is 20.8 Å². The minimum Gasteiger partial charge on any atom is -1.00 e. The van der Waals surface area contributed by atoms with E-state index in [2.05, 4.69) is 40.1 Å². The molecule has 2 heterocycles. The summed E-state index contributed by atoms with van der Waals surface area (Å²) in [6.07, 6.45) is 13.2. The van der Waals surface area contributed by atoms with Crippen molar-refractivity contribution < 1.29 is 17.0 Å². The molecule has 0 amide bonds. The van der Waals surface area contributed by atoms with Crippen LogP contribution in [0.25, 0.3) is 0 Å². The van der Waals surface area contributed by atoms with E-state index in [0.717, 1.165) is 13.1 Å². The van der Waals surface area contributed by atoms with Crippen molar-refractivity contribution in [2.24, 2.45) is 0 Å². The Balaban J connectivity index is 0.00000144. The Hall–Kier alpha value is -0.540. The maximum atomic E-state index is 3.59. The summed E-state index contributed by atoms with van der Waals surface area (Å²) in [5, 5.41) is 3.59. The number of rotatable bonds is 5. The van der Waals surface area contributed by atoms with Crippen LogP contribution in [-0.4, -0.2) is 17.2 Å². The molecule has 1 aliphatic heterocycles. The molecular weight excluding hydrogens is 234 g/mol. The van der Waals surface area contributed by atoms with E-state index in [-0.39, 0.29) is 12.4 Å². The average Bonchev–Trinajstić information content (AvgIpc) is 2.75. The van der Waals surface area contributed by atoms with Crippen LogP contribution in [0.2, 0.25) is 0 Å². The number of hydrogen-bond acceptors (Lipinski definition) is 1. The van der Waals surface area contributed by atoms with Gasteiger partial charge in [0, 0.05) is 6.04 Å². The first-order valence-electron chi connectivity index (χ1n) is 6.66. The minimum absolute atomic E-state index is 0. The second-order valence-corrected chi connectivity index (χ2v) is 4.85. The minimum atomic E-state index is 0. The van der Waals surface area contributed by atoms with Crippen LogP contribution in [-0.2, 0) is 13.1 Å². The van der Waals surface area contributed by atoms with Crippen molar-refractivity contribution in [3.8, 4) is 0 Å². The van der Waals surface area contributed by atoms with E-state index in [0.29, 0.717) is 6.04 Å². The van der Waals surface area contributed by atoms with Gasteiger partial charge in [0.25, 0.3) is 0 Å². The first-order chi connectivity index (χ1) is 7.88. The summed E-state index contributed by atoms with van der Waals surface area (Å²) in [4.78, 5) is 0. The molecule has 0 bridgehead atoms. The van der Waals surface area contributed by atoms with E-state index in [4.69, 9.17) is 0 Å². The molecule has 2 rings (SSSR count). The van der Waals surface area contributed by atoms with Gasteiger partial charge >= 0.3 is 0 Å². The zero-order valence-corrected chi connectivity index (χ0v) is 11.5. The number of imidazole rings is 1. The van der Waals surface area contributed by atoms with Crippen molar-refractivity contribution in [3.63, 3.8) is 0 Å². The quantitative estimate of drug-likeness (QED) is 0.652. The van der Waals surface area contributed by atoms with Gasteiger partial charge in [0.1, 0.15) is 18.9 Å². The Morgan fingerprint density at radius 2 is 2.29 bits per heavy atom. The first kappa shape index (κ1) is 14.5. The molecule has 1 aliphatic rings. The highest BCUT2D eigenvalue weighted by molar-refractivity contribution is 4.70. The van der Waals surface area contributed by atoms with Gasteiger partial charge in [-0.3, -0.25) is 0 Å². The van der Waals surface area contributed by atoms with Crippen LogP contribution in [0.1, 0.15) is 39.0 Å². The van der Waals surface area contributed by atoms with Crippen molar-refractivity contribution in [3.05, 3.63) is 18.7 Å². The van der Waals surface area contributed by atoms with E-state index in [1.165, 1.54) is 38.6 Å². The molecule has 0 spiro atoms. The zero-order valence-electron chi connectivity index (χ0n) is 10.7. The number of halogens is 1. The van der Waals surface area contributed by atoms with Crippen LogP contribution in [0.15, 0.2) is 18.7 Å². The summed E-state index contributed by atoms with van der Waals surface area (Å²) in [6, 6.07) is 0.681.